The van der Waals surface area contributed by atoms with Gasteiger partial charge < -0.3 is 10.4 Å². The third-order valence-corrected chi connectivity index (χ3v) is 1.62. The predicted octanol–water partition coefficient (Wildman–Crippen LogP) is -0.331. The second-order valence-corrected chi connectivity index (χ2v) is 2.43. The Labute approximate surface area is 58.5 Å². The molecule has 0 saturated heterocycles. The van der Waals surface area contributed by atoms with E-state index in [1.165, 1.54) is 0 Å². The van der Waals surface area contributed by atoms with Crippen LogP contribution in [0.5, 0.6) is 0 Å². The quantitative estimate of drug-likeness (QED) is 0.517. The Kier molecular flexibility index (Phi) is 1.14. The molecular formula is C6H9N3O. The molecule has 4 nitrogen and oxygen atoms in total. The van der Waals surface area contributed by atoms with Crippen LogP contribution in [0.2, 0.25) is 0 Å². The lowest BCUT2D eigenvalue weighted by molar-refractivity contribution is 0.155. The topological polar surface area (TPSA) is 50.1 Å². The molecule has 0 radical (unpaired) electrons. The molecule has 1 aromatic rings. The zero-order valence-electron chi connectivity index (χ0n) is 5.49. The minimum atomic E-state index is -0.299. The van der Waals surface area contributed by atoms with Gasteiger partial charge in [0.05, 0.1) is 18.8 Å². The van der Waals surface area contributed by atoms with Gasteiger partial charge in [-0.15, -0.1) is 0 Å². The summed E-state index contributed by atoms with van der Waals surface area (Å²) in [5, 5.41) is 16.2. The van der Waals surface area contributed by atoms with Gasteiger partial charge in [-0.1, -0.05) is 0 Å². The highest BCUT2D eigenvalue weighted by Crippen LogP contribution is 2.11. The molecule has 0 fully saturated rings. The summed E-state index contributed by atoms with van der Waals surface area (Å²) in [5.74, 6) is 0.991. The standard InChI is InChI=1S/C6H9N3O/c10-5-3-7-6-1-2-8-9(6)4-5/h1-2,5,7,10H,3-4H2. The van der Waals surface area contributed by atoms with E-state index in [4.69, 9.17) is 5.11 Å². The minimum Gasteiger partial charge on any atom is -0.389 e. The van der Waals surface area contributed by atoms with Crippen molar-refractivity contribution in [1.29, 1.82) is 0 Å². The summed E-state index contributed by atoms with van der Waals surface area (Å²) >= 11 is 0. The Balaban J connectivity index is 2.30. The van der Waals surface area contributed by atoms with Crippen LogP contribution in [-0.4, -0.2) is 27.5 Å². The lowest BCUT2D eigenvalue weighted by Gasteiger charge is -2.20. The number of anilines is 1. The van der Waals surface area contributed by atoms with E-state index in [1.54, 1.807) is 10.9 Å². The Morgan fingerprint density at radius 2 is 2.70 bits per heavy atom. The Bertz CT molecular complexity index is 233. The molecule has 2 heterocycles. The highest BCUT2D eigenvalue weighted by Gasteiger charge is 2.14. The van der Waals surface area contributed by atoms with Crippen LogP contribution in [0.4, 0.5) is 5.82 Å². The molecule has 2 N–H and O–H groups in total. The van der Waals surface area contributed by atoms with E-state index in [0.717, 1.165) is 5.82 Å². The van der Waals surface area contributed by atoms with Crippen LogP contribution in [0.3, 0.4) is 0 Å². The lowest BCUT2D eigenvalue weighted by Crippen LogP contribution is -2.31. The summed E-state index contributed by atoms with van der Waals surface area (Å²) in [6, 6.07) is 1.89. The number of aliphatic hydroxyl groups is 1. The highest BCUT2D eigenvalue weighted by molar-refractivity contribution is 5.35. The second-order valence-electron chi connectivity index (χ2n) is 2.43. The van der Waals surface area contributed by atoms with Gasteiger partial charge >= 0.3 is 0 Å². The van der Waals surface area contributed by atoms with Crippen LogP contribution >= 0.6 is 0 Å². The Morgan fingerprint density at radius 1 is 1.80 bits per heavy atom. The van der Waals surface area contributed by atoms with Gasteiger partial charge in [0.1, 0.15) is 5.82 Å². The number of nitrogens with zero attached hydrogens (tertiary/aromatic N) is 2. The fourth-order valence-electron chi connectivity index (χ4n) is 1.11. The molecule has 0 amide bonds. The van der Waals surface area contributed by atoms with Gasteiger partial charge in [-0.05, 0) is 0 Å². The number of aliphatic hydroxyl groups excluding tert-OH is 1. The van der Waals surface area contributed by atoms with E-state index >= 15 is 0 Å². The number of hydrogen-bond donors (Lipinski definition) is 2. The predicted molar refractivity (Wildman–Crippen MR) is 36.7 cm³/mol. The molecule has 1 aromatic heterocycles. The second kappa shape index (κ2) is 1.98. The molecule has 1 aliphatic rings. The van der Waals surface area contributed by atoms with E-state index in [1.807, 2.05) is 6.07 Å². The van der Waals surface area contributed by atoms with Crippen molar-refractivity contribution in [3.05, 3.63) is 12.3 Å². The molecule has 54 valence electrons. The van der Waals surface area contributed by atoms with Gasteiger partial charge in [-0.3, -0.25) is 0 Å². The third kappa shape index (κ3) is 0.769. The van der Waals surface area contributed by atoms with E-state index in [-0.39, 0.29) is 6.10 Å². The first kappa shape index (κ1) is 5.73. The molecule has 0 bridgehead atoms. The van der Waals surface area contributed by atoms with Crippen molar-refractivity contribution in [3.63, 3.8) is 0 Å². The van der Waals surface area contributed by atoms with Crippen LogP contribution in [0, 0.1) is 0 Å². The summed E-state index contributed by atoms with van der Waals surface area (Å²) in [5.41, 5.74) is 0. The maximum Gasteiger partial charge on any atom is 0.124 e. The summed E-state index contributed by atoms with van der Waals surface area (Å²) in [4.78, 5) is 0. The van der Waals surface area contributed by atoms with Crippen molar-refractivity contribution in [1.82, 2.24) is 9.78 Å². The first-order valence-corrected chi connectivity index (χ1v) is 3.30. The fraction of sp³-hybridized carbons (Fsp3) is 0.500. The smallest absolute Gasteiger partial charge is 0.124 e. The third-order valence-electron chi connectivity index (χ3n) is 1.62. The van der Waals surface area contributed by atoms with Crippen molar-refractivity contribution in [3.8, 4) is 0 Å². The maximum atomic E-state index is 9.15. The highest BCUT2D eigenvalue weighted by atomic mass is 16.3. The average molecular weight is 139 g/mol. The molecule has 0 aromatic carbocycles. The number of aromatic nitrogens is 2. The number of nitrogens with one attached hydrogen (secondary N) is 1. The van der Waals surface area contributed by atoms with Gasteiger partial charge in [0, 0.05) is 12.6 Å². The Morgan fingerprint density at radius 3 is 3.60 bits per heavy atom. The van der Waals surface area contributed by atoms with E-state index in [0.29, 0.717) is 13.1 Å². The SMILES string of the molecule is OC1CNc2ccnn2C1. The molecule has 0 aliphatic carbocycles. The number of β-amino-alcohol motifs (C(OH)–C–C–N with tert-alkyl or cyclic N) is 1. The fourth-order valence-corrected chi connectivity index (χ4v) is 1.11. The summed E-state index contributed by atoms with van der Waals surface area (Å²) in [6.45, 7) is 1.24. The van der Waals surface area contributed by atoms with Crippen molar-refractivity contribution >= 4 is 5.82 Å². The summed E-state index contributed by atoms with van der Waals surface area (Å²) < 4.78 is 1.76. The normalized spacial score (nSPS) is 23.5. The van der Waals surface area contributed by atoms with Gasteiger partial charge in [-0.25, -0.2) is 4.68 Å². The molecule has 4 heteroatoms. The molecule has 1 atom stereocenters. The molecule has 10 heavy (non-hydrogen) atoms. The molecule has 0 saturated carbocycles. The van der Waals surface area contributed by atoms with Gasteiger partial charge in [-0.2, -0.15) is 5.10 Å². The van der Waals surface area contributed by atoms with E-state index in [9.17, 15) is 0 Å². The molecule has 1 aliphatic heterocycles. The van der Waals surface area contributed by atoms with Crippen molar-refractivity contribution in [2.24, 2.45) is 0 Å². The average Bonchev–Trinajstić information content (AvgIpc) is 2.33. The molecule has 2 rings (SSSR count). The van der Waals surface area contributed by atoms with Crippen LogP contribution in [-0.2, 0) is 6.54 Å². The van der Waals surface area contributed by atoms with Gasteiger partial charge in [0.2, 0.25) is 0 Å². The van der Waals surface area contributed by atoms with E-state index in [2.05, 4.69) is 10.4 Å². The number of hydrogen-bond acceptors (Lipinski definition) is 3. The van der Waals surface area contributed by atoms with Crippen LogP contribution in [0.25, 0.3) is 0 Å². The zero-order valence-corrected chi connectivity index (χ0v) is 5.49. The lowest BCUT2D eigenvalue weighted by atomic mass is 10.3. The van der Waals surface area contributed by atoms with Crippen molar-refractivity contribution in [2.75, 3.05) is 11.9 Å². The maximum absolute atomic E-state index is 9.15. The minimum absolute atomic E-state index is 0.299. The van der Waals surface area contributed by atoms with Gasteiger partial charge in [0.15, 0.2) is 0 Å². The number of fused-ring (bicyclic) bond motifs is 1. The van der Waals surface area contributed by atoms with Crippen LogP contribution in [0.1, 0.15) is 0 Å². The first-order chi connectivity index (χ1) is 4.86. The van der Waals surface area contributed by atoms with Gasteiger partial charge in [0.25, 0.3) is 0 Å². The van der Waals surface area contributed by atoms with Crippen molar-refractivity contribution in [2.45, 2.75) is 12.6 Å². The van der Waals surface area contributed by atoms with Crippen LogP contribution in [0.15, 0.2) is 12.3 Å². The molecular weight excluding hydrogens is 130 g/mol. The largest absolute Gasteiger partial charge is 0.389 e. The summed E-state index contributed by atoms with van der Waals surface area (Å²) in [7, 11) is 0. The zero-order chi connectivity index (χ0) is 6.97. The molecule has 1 unspecified atom stereocenters. The van der Waals surface area contributed by atoms with E-state index < -0.39 is 0 Å². The molecule has 0 spiro atoms. The number of rotatable bonds is 0. The summed E-state index contributed by atoms with van der Waals surface area (Å²) in [6.07, 6.45) is 1.42. The van der Waals surface area contributed by atoms with Crippen LogP contribution < -0.4 is 5.32 Å². The Hall–Kier alpha value is -1.03. The monoisotopic (exact) mass is 139 g/mol. The first-order valence-electron chi connectivity index (χ1n) is 3.30. The van der Waals surface area contributed by atoms with Crippen molar-refractivity contribution < 1.29 is 5.11 Å².